The van der Waals surface area contributed by atoms with Gasteiger partial charge >= 0.3 is 0 Å². The molecule has 7 aromatic rings. The van der Waals surface area contributed by atoms with Crippen molar-refractivity contribution in [3.63, 3.8) is 0 Å². The van der Waals surface area contributed by atoms with Crippen LogP contribution in [0.1, 0.15) is 191 Å². The first kappa shape index (κ1) is 46.3. The molecule has 0 unspecified atom stereocenters. The van der Waals surface area contributed by atoms with E-state index in [4.69, 9.17) is 4.42 Å². The molecule has 2 bridgehead atoms. The average Bonchev–Trinajstić information content (AvgIpc) is 3.70. The Morgan fingerprint density at radius 1 is 0.486 bits per heavy atom. The van der Waals surface area contributed by atoms with Crippen LogP contribution in [0.5, 0.6) is 0 Å². The molecule has 0 spiro atoms. The Bertz CT molecular complexity index is 3490. The van der Waals surface area contributed by atoms with Gasteiger partial charge in [-0.15, -0.1) is 0 Å². The fourth-order valence-electron chi connectivity index (χ4n) is 15.1. The van der Waals surface area contributed by atoms with Crippen molar-refractivity contribution < 1.29 is 4.42 Å². The molecule has 0 atom stereocenters. The Kier molecular flexibility index (Phi) is 9.42. The molecule has 1 saturated carbocycles. The third kappa shape index (κ3) is 6.41. The zero-order chi connectivity index (χ0) is 50.6. The molecule has 1 aromatic heterocycles. The van der Waals surface area contributed by atoms with Crippen LogP contribution in [-0.4, -0.2) is 6.71 Å². The summed E-state index contributed by atoms with van der Waals surface area (Å²) in [5.74, 6) is 0. The van der Waals surface area contributed by atoms with E-state index >= 15 is 0 Å². The summed E-state index contributed by atoms with van der Waals surface area (Å²) in [5.41, 5.74) is 28.3. The van der Waals surface area contributed by atoms with Gasteiger partial charge in [0.2, 0.25) is 0 Å². The number of hydrogen-bond donors (Lipinski definition) is 0. The highest BCUT2D eigenvalue weighted by atomic mass is 16.3. The minimum absolute atomic E-state index is 0.0398. The van der Waals surface area contributed by atoms with Crippen molar-refractivity contribution in [2.45, 2.75) is 193 Å². The summed E-state index contributed by atoms with van der Waals surface area (Å²) >= 11 is 0. The van der Waals surface area contributed by atoms with Gasteiger partial charge in [-0.3, -0.25) is 0 Å². The first-order chi connectivity index (χ1) is 33.8. The fraction of sp³-hybridized carbons (Fsp3) is 0.441. The topological polar surface area (TPSA) is 19.6 Å². The zero-order valence-electron chi connectivity index (χ0n) is 46.3. The molecule has 3 nitrogen and oxygen atoms in total. The normalized spacial score (nSPS) is 23.5. The molecule has 0 N–H and O–H groups in total. The number of fused-ring (bicyclic) bond motifs is 10. The summed E-state index contributed by atoms with van der Waals surface area (Å²) in [7, 11) is 0. The second-order valence-corrected chi connectivity index (χ2v) is 28.2. The maximum atomic E-state index is 7.75. The maximum Gasteiger partial charge on any atom is 0.297 e. The molecule has 368 valence electrons. The minimum atomic E-state index is -0.124. The van der Waals surface area contributed by atoms with Crippen molar-refractivity contribution in [2.24, 2.45) is 0 Å². The van der Waals surface area contributed by atoms with Crippen LogP contribution < -0.4 is 26.4 Å². The predicted molar refractivity (Wildman–Crippen MR) is 308 cm³/mol. The summed E-state index contributed by atoms with van der Waals surface area (Å²) in [6, 6.07) is 39.5. The van der Waals surface area contributed by atoms with Crippen LogP contribution in [0.2, 0.25) is 0 Å². The summed E-state index contributed by atoms with van der Waals surface area (Å²) < 4.78 is 7.75. The second-order valence-electron chi connectivity index (χ2n) is 28.2. The molecule has 7 aliphatic rings. The van der Waals surface area contributed by atoms with Gasteiger partial charge in [-0.25, -0.2) is 0 Å². The highest BCUT2D eigenvalue weighted by molar-refractivity contribution is 7.00. The van der Waals surface area contributed by atoms with Crippen molar-refractivity contribution in [1.82, 2.24) is 0 Å². The van der Waals surface area contributed by atoms with E-state index in [0.717, 1.165) is 17.7 Å². The molecule has 2 aliphatic heterocycles. The third-order valence-electron chi connectivity index (χ3n) is 20.4. The molecule has 4 heteroatoms. The number of benzene rings is 6. The van der Waals surface area contributed by atoms with E-state index in [0.29, 0.717) is 0 Å². The number of rotatable bonds is 3. The predicted octanol–water partition coefficient (Wildman–Crippen LogP) is 16.9. The number of anilines is 6. The van der Waals surface area contributed by atoms with Crippen molar-refractivity contribution in [3.05, 3.63) is 147 Å². The average molecular weight is 949 g/mol. The summed E-state index contributed by atoms with van der Waals surface area (Å²) in [6.07, 6.45) is 9.67. The molecule has 0 radical (unpaired) electrons. The molecule has 0 saturated heterocycles. The van der Waals surface area contributed by atoms with Crippen molar-refractivity contribution in [1.29, 1.82) is 0 Å². The molecule has 0 amide bonds. The molecular weight excluding hydrogens is 872 g/mol. The van der Waals surface area contributed by atoms with Gasteiger partial charge in [0.05, 0.1) is 11.3 Å². The van der Waals surface area contributed by atoms with Crippen molar-refractivity contribution in [3.8, 4) is 11.1 Å². The highest BCUT2D eigenvalue weighted by Gasteiger charge is 2.52. The van der Waals surface area contributed by atoms with Crippen LogP contribution in [-0.2, 0) is 37.9 Å². The van der Waals surface area contributed by atoms with Gasteiger partial charge in [-0.1, -0.05) is 139 Å². The lowest BCUT2D eigenvalue weighted by Gasteiger charge is -2.52. The van der Waals surface area contributed by atoms with Gasteiger partial charge in [-0.2, -0.15) is 0 Å². The van der Waals surface area contributed by atoms with E-state index in [1.54, 1.807) is 5.56 Å². The van der Waals surface area contributed by atoms with E-state index in [1.165, 1.54) is 151 Å². The summed E-state index contributed by atoms with van der Waals surface area (Å²) in [6.45, 7) is 36.4. The first-order valence-corrected chi connectivity index (χ1v) is 27.7. The Balaban J connectivity index is 1.18. The van der Waals surface area contributed by atoms with Gasteiger partial charge in [0.1, 0.15) is 5.58 Å². The van der Waals surface area contributed by atoms with Crippen LogP contribution in [0.3, 0.4) is 0 Å². The lowest BCUT2D eigenvalue weighted by atomic mass is 9.35. The van der Waals surface area contributed by atoms with Gasteiger partial charge in [-0.05, 0) is 224 Å². The van der Waals surface area contributed by atoms with Crippen molar-refractivity contribution in [2.75, 3.05) is 9.80 Å². The molecule has 6 aromatic carbocycles. The molecule has 3 heterocycles. The summed E-state index contributed by atoms with van der Waals surface area (Å²) in [5, 5.41) is 1.25. The lowest BCUT2D eigenvalue weighted by molar-refractivity contribution is 0.188. The monoisotopic (exact) mass is 949 g/mol. The van der Waals surface area contributed by atoms with E-state index < -0.39 is 0 Å². The van der Waals surface area contributed by atoms with Gasteiger partial charge in [0.15, 0.2) is 0 Å². The quantitative estimate of drug-likeness (QED) is 0.165. The Morgan fingerprint density at radius 2 is 1.06 bits per heavy atom. The number of nitrogens with zero attached hydrogens (tertiary/aromatic N) is 2. The zero-order valence-corrected chi connectivity index (χ0v) is 46.3. The molecule has 5 aliphatic carbocycles. The second kappa shape index (κ2) is 14.6. The molecule has 14 rings (SSSR count). The number of aryl methyl sites for hydroxylation is 2. The van der Waals surface area contributed by atoms with Crippen LogP contribution >= 0.6 is 0 Å². The maximum absolute atomic E-state index is 7.75. The van der Waals surface area contributed by atoms with Crippen LogP contribution in [0.4, 0.5) is 34.1 Å². The van der Waals surface area contributed by atoms with Gasteiger partial charge < -0.3 is 14.2 Å². The van der Waals surface area contributed by atoms with Gasteiger partial charge in [0, 0.05) is 33.8 Å². The minimum Gasteiger partial charge on any atom is -0.468 e. The molecule has 1 fully saturated rings. The largest absolute Gasteiger partial charge is 0.468 e. The lowest BCUT2D eigenvalue weighted by Crippen LogP contribution is -2.61. The number of furan rings is 1. The van der Waals surface area contributed by atoms with Crippen LogP contribution in [0, 0.1) is 13.8 Å². The highest BCUT2D eigenvalue weighted by Crippen LogP contribution is 2.59. The summed E-state index contributed by atoms with van der Waals surface area (Å²) in [4.78, 5) is 5.39. The third-order valence-corrected chi connectivity index (χ3v) is 20.4. The Hall–Kier alpha value is -5.48. The van der Waals surface area contributed by atoms with E-state index in [1.807, 2.05) is 0 Å². The smallest absolute Gasteiger partial charge is 0.297 e. The van der Waals surface area contributed by atoms with Crippen LogP contribution in [0.15, 0.2) is 101 Å². The van der Waals surface area contributed by atoms with Crippen molar-refractivity contribution >= 4 is 68.4 Å². The van der Waals surface area contributed by atoms with E-state index in [-0.39, 0.29) is 44.6 Å². The fourth-order valence-corrected chi connectivity index (χ4v) is 15.1. The standard InChI is InChI=1S/C68H77BN2O/c1-40-18-16-17-19-45(40)42-33-56-59-57(34-42)71(54-38-50-48(32-41(54)2)64(8,9)26-27-66(50,12)13)55-35-43(62(3,4)5)20-23-53(55)69(59)61-60(70(56)44-21-22-47-49(36-44)65(10,11)25-24-63(47,6)7)46-37-51-52(39-58(46)72-61)68(15)30-28-67(51,14)29-31-68/h16-23,32-39H,24-31H2,1-15H3. The van der Waals surface area contributed by atoms with E-state index in [2.05, 4.69) is 211 Å². The Morgan fingerprint density at radius 3 is 1.68 bits per heavy atom. The van der Waals surface area contributed by atoms with Crippen LogP contribution in [0.25, 0.3) is 22.1 Å². The number of hydrogen-bond acceptors (Lipinski definition) is 3. The SMILES string of the molecule is Cc1ccccc1-c1cc2c3c(c1)N(c1ccc4c(c1)C(C)(C)CCC4(C)C)c1c(oc4cc5c(cc14)C1(C)CCC5(C)CC1)B3c1ccc(C(C)(C)C)cc1N2c1cc2c(cc1C)C(C)(C)CCC2(C)C. The van der Waals surface area contributed by atoms with E-state index in [9.17, 15) is 0 Å². The van der Waals surface area contributed by atoms with Gasteiger partial charge in [0.25, 0.3) is 6.71 Å². The molecule has 72 heavy (non-hydrogen) atoms. The Labute approximate surface area is 431 Å². The first-order valence-electron chi connectivity index (χ1n) is 27.7. The molecular formula is C68H77BN2O.